The standard InChI is InChI=1S/C19H21NO/c21-18-13-11-17(12-14-18)20-19(15-7-3-1-4-8-15)16-9-5-2-6-10-16/h1-10,17,19-20H,11-14H2. The summed E-state index contributed by atoms with van der Waals surface area (Å²) >= 11 is 0. The highest BCUT2D eigenvalue weighted by Crippen LogP contribution is 2.25. The van der Waals surface area contributed by atoms with Crippen LogP contribution in [-0.2, 0) is 4.79 Å². The molecule has 3 rings (SSSR count). The van der Waals surface area contributed by atoms with Crippen molar-refractivity contribution in [2.45, 2.75) is 37.8 Å². The van der Waals surface area contributed by atoms with Crippen LogP contribution in [0.3, 0.4) is 0 Å². The first-order valence-corrected chi connectivity index (χ1v) is 7.70. The van der Waals surface area contributed by atoms with Crippen LogP contribution in [-0.4, -0.2) is 11.8 Å². The van der Waals surface area contributed by atoms with Crippen LogP contribution in [0.4, 0.5) is 0 Å². The number of Topliss-reactive ketones (excluding diaryl/α,β-unsaturated/α-hetero) is 1. The lowest BCUT2D eigenvalue weighted by Gasteiger charge is -2.29. The van der Waals surface area contributed by atoms with Crippen molar-refractivity contribution in [1.82, 2.24) is 5.32 Å². The summed E-state index contributed by atoms with van der Waals surface area (Å²) in [6.45, 7) is 0. The molecule has 0 bridgehead atoms. The lowest BCUT2D eigenvalue weighted by molar-refractivity contribution is -0.120. The first kappa shape index (κ1) is 14.0. The van der Waals surface area contributed by atoms with E-state index in [4.69, 9.17) is 0 Å². The molecule has 1 aliphatic carbocycles. The lowest BCUT2D eigenvalue weighted by Crippen LogP contribution is -2.36. The molecule has 108 valence electrons. The first-order valence-electron chi connectivity index (χ1n) is 7.70. The van der Waals surface area contributed by atoms with Gasteiger partial charge in [-0.3, -0.25) is 4.79 Å². The lowest BCUT2D eigenvalue weighted by atomic mass is 9.91. The molecule has 1 N–H and O–H groups in total. The van der Waals surface area contributed by atoms with Gasteiger partial charge in [-0.25, -0.2) is 0 Å². The number of hydrogen-bond acceptors (Lipinski definition) is 2. The number of ketones is 1. The number of benzene rings is 2. The summed E-state index contributed by atoms with van der Waals surface area (Å²) in [5.41, 5.74) is 2.56. The zero-order valence-corrected chi connectivity index (χ0v) is 12.2. The van der Waals surface area contributed by atoms with Crippen molar-refractivity contribution in [2.24, 2.45) is 0 Å². The number of rotatable bonds is 4. The third-order valence-corrected chi connectivity index (χ3v) is 4.21. The second-order valence-corrected chi connectivity index (χ2v) is 5.73. The van der Waals surface area contributed by atoms with E-state index in [1.54, 1.807) is 0 Å². The van der Waals surface area contributed by atoms with E-state index >= 15 is 0 Å². The van der Waals surface area contributed by atoms with Gasteiger partial charge in [0.1, 0.15) is 5.78 Å². The minimum Gasteiger partial charge on any atom is -0.303 e. The highest BCUT2D eigenvalue weighted by molar-refractivity contribution is 5.79. The molecule has 1 aliphatic rings. The molecule has 0 spiro atoms. The Bertz CT molecular complexity index is 530. The molecule has 0 saturated heterocycles. The van der Waals surface area contributed by atoms with Crippen LogP contribution in [0, 0.1) is 0 Å². The van der Waals surface area contributed by atoms with Gasteiger partial charge in [0.25, 0.3) is 0 Å². The molecule has 0 aromatic heterocycles. The molecule has 2 aromatic carbocycles. The Labute approximate surface area is 126 Å². The highest BCUT2D eigenvalue weighted by Gasteiger charge is 2.23. The number of carbonyl (C=O) groups is 1. The Hall–Kier alpha value is -1.93. The Kier molecular flexibility index (Phi) is 4.46. The van der Waals surface area contributed by atoms with Gasteiger partial charge in [0, 0.05) is 18.9 Å². The molecule has 0 aliphatic heterocycles. The van der Waals surface area contributed by atoms with Gasteiger partial charge in [-0.15, -0.1) is 0 Å². The normalized spacial score (nSPS) is 16.3. The molecule has 2 aromatic rings. The Morgan fingerprint density at radius 1 is 0.810 bits per heavy atom. The number of hydrogen-bond donors (Lipinski definition) is 1. The summed E-state index contributed by atoms with van der Waals surface area (Å²) in [6.07, 6.45) is 3.34. The third kappa shape index (κ3) is 3.59. The van der Waals surface area contributed by atoms with E-state index in [1.807, 2.05) is 12.1 Å². The van der Waals surface area contributed by atoms with Crippen molar-refractivity contribution in [3.05, 3.63) is 71.8 Å². The van der Waals surface area contributed by atoms with Crippen molar-refractivity contribution in [1.29, 1.82) is 0 Å². The van der Waals surface area contributed by atoms with E-state index < -0.39 is 0 Å². The maximum Gasteiger partial charge on any atom is 0.133 e. The van der Waals surface area contributed by atoms with E-state index in [1.165, 1.54) is 11.1 Å². The monoisotopic (exact) mass is 279 g/mol. The molecule has 2 heteroatoms. The summed E-state index contributed by atoms with van der Waals surface area (Å²) in [4.78, 5) is 11.4. The molecule has 2 nitrogen and oxygen atoms in total. The van der Waals surface area contributed by atoms with Crippen LogP contribution in [0.5, 0.6) is 0 Å². The van der Waals surface area contributed by atoms with Crippen LogP contribution in [0.25, 0.3) is 0 Å². The summed E-state index contributed by atoms with van der Waals surface area (Å²) in [5, 5.41) is 3.76. The number of carbonyl (C=O) groups excluding carboxylic acids is 1. The summed E-state index contributed by atoms with van der Waals surface area (Å²) in [7, 11) is 0. The van der Waals surface area contributed by atoms with Crippen molar-refractivity contribution < 1.29 is 4.79 Å². The smallest absolute Gasteiger partial charge is 0.133 e. The van der Waals surface area contributed by atoms with Gasteiger partial charge < -0.3 is 5.32 Å². The second kappa shape index (κ2) is 6.68. The predicted octanol–water partition coefficient (Wildman–Crippen LogP) is 3.88. The maximum absolute atomic E-state index is 11.4. The molecule has 1 saturated carbocycles. The summed E-state index contributed by atoms with van der Waals surface area (Å²) in [6, 6.07) is 21.7. The summed E-state index contributed by atoms with van der Waals surface area (Å²) < 4.78 is 0. The quantitative estimate of drug-likeness (QED) is 0.920. The van der Waals surface area contributed by atoms with E-state index in [9.17, 15) is 4.79 Å². The van der Waals surface area contributed by atoms with Gasteiger partial charge in [0.2, 0.25) is 0 Å². The van der Waals surface area contributed by atoms with Gasteiger partial charge in [0.05, 0.1) is 6.04 Å². The molecule has 0 amide bonds. The van der Waals surface area contributed by atoms with Crippen molar-refractivity contribution >= 4 is 5.78 Å². The largest absolute Gasteiger partial charge is 0.303 e. The Balaban J connectivity index is 1.81. The maximum atomic E-state index is 11.4. The van der Waals surface area contributed by atoms with Gasteiger partial charge in [-0.1, -0.05) is 60.7 Å². The van der Waals surface area contributed by atoms with Crippen LogP contribution in [0.2, 0.25) is 0 Å². The molecule has 0 atom stereocenters. The van der Waals surface area contributed by atoms with Gasteiger partial charge in [-0.2, -0.15) is 0 Å². The molecule has 1 fully saturated rings. The van der Waals surface area contributed by atoms with Crippen molar-refractivity contribution in [2.75, 3.05) is 0 Å². The van der Waals surface area contributed by atoms with Crippen molar-refractivity contribution in [3.63, 3.8) is 0 Å². The number of nitrogens with one attached hydrogen (secondary N) is 1. The van der Waals surface area contributed by atoms with Crippen molar-refractivity contribution in [3.8, 4) is 0 Å². The molecular weight excluding hydrogens is 258 g/mol. The third-order valence-electron chi connectivity index (χ3n) is 4.21. The van der Waals surface area contributed by atoms with Crippen LogP contribution < -0.4 is 5.32 Å². The predicted molar refractivity (Wildman–Crippen MR) is 85.1 cm³/mol. The topological polar surface area (TPSA) is 29.1 Å². The molecule has 0 unspecified atom stereocenters. The SMILES string of the molecule is O=C1CCC(NC(c2ccccc2)c2ccccc2)CC1. The average molecular weight is 279 g/mol. The van der Waals surface area contributed by atoms with Gasteiger partial charge >= 0.3 is 0 Å². The minimum absolute atomic E-state index is 0.200. The van der Waals surface area contributed by atoms with Crippen LogP contribution in [0.15, 0.2) is 60.7 Å². The fourth-order valence-corrected chi connectivity index (χ4v) is 3.02. The molecule has 0 radical (unpaired) electrons. The zero-order chi connectivity index (χ0) is 14.5. The van der Waals surface area contributed by atoms with E-state index in [0.717, 1.165) is 12.8 Å². The molecule has 0 heterocycles. The van der Waals surface area contributed by atoms with Crippen LogP contribution >= 0.6 is 0 Å². The second-order valence-electron chi connectivity index (χ2n) is 5.73. The van der Waals surface area contributed by atoms with E-state index in [0.29, 0.717) is 24.7 Å². The first-order chi connectivity index (χ1) is 10.3. The van der Waals surface area contributed by atoms with Gasteiger partial charge in [-0.05, 0) is 24.0 Å². The summed E-state index contributed by atoms with van der Waals surface area (Å²) in [5.74, 6) is 0.407. The Morgan fingerprint density at radius 3 is 1.76 bits per heavy atom. The Morgan fingerprint density at radius 2 is 1.29 bits per heavy atom. The molecule has 21 heavy (non-hydrogen) atoms. The zero-order valence-electron chi connectivity index (χ0n) is 12.2. The highest BCUT2D eigenvalue weighted by atomic mass is 16.1. The fraction of sp³-hybridized carbons (Fsp3) is 0.316. The van der Waals surface area contributed by atoms with E-state index in [-0.39, 0.29) is 6.04 Å². The fourth-order valence-electron chi connectivity index (χ4n) is 3.02. The minimum atomic E-state index is 0.200. The molecular formula is C19H21NO. The van der Waals surface area contributed by atoms with E-state index in [2.05, 4.69) is 53.8 Å². The van der Waals surface area contributed by atoms with Gasteiger partial charge in [0.15, 0.2) is 0 Å². The van der Waals surface area contributed by atoms with Crippen LogP contribution in [0.1, 0.15) is 42.9 Å². The average Bonchev–Trinajstić information content (AvgIpc) is 2.56.